The first kappa shape index (κ1) is 14.8. The maximum Gasteiger partial charge on any atom is 0.150 e. The summed E-state index contributed by atoms with van der Waals surface area (Å²) in [6.45, 7) is 1.07. The molecule has 24 heavy (non-hydrogen) atoms. The highest BCUT2D eigenvalue weighted by Gasteiger charge is 2.28. The number of anilines is 1. The van der Waals surface area contributed by atoms with Gasteiger partial charge in [0.25, 0.3) is 0 Å². The van der Waals surface area contributed by atoms with Crippen molar-refractivity contribution in [3.05, 3.63) is 48.0 Å². The van der Waals surface area contributed by atoms with E-state index in [-0.39, 0.29) is 6.04 Å². The molecular weight excluding hydrogens is 302 g/mol. The molecule has 2 aromatic heterocycles. The summed E-state index contributed by atoms with van der Waals surface area (Å²) in [6.07, 6.45) is 6.72. The van der Waals surface area contributed by atoms with Crippen molar-refractivity contribution in [3.8, 4) is 11.3 Å². The number of imidazole rings is 1. The van der Waals surface area contributed by atoms with Crippen molar-refractivity contribution >= 4 is 17.6 Å². The van der Waals surface area contributed by atoms with Crippen LogP contribution in [0.5, 0.6) is 0 Å². The normalized spacial score (nSPS) is 18.3. The summed E-state index contributed by atoms with van der Waals surface area (Å²) in [7, 11) is 2.13. The minimum atomic E-state index is 0.280. The molecule has 6 heteroatoms. The first-order chi connectivity index (χ1) is 11.7. The van der Waals surface area contributed by atoms with Crippen LogP contribution in [-0.4, -0.2) is 39.1 Å². The van der Waals surface area contributed by atoms with E-state index in [2.05, 4.69) is 21.3 Å². The average Bonchev–Trinajstić information content (AvgIpc) is 3.19. The smallest absolute Gasteiger partial charge is 0.150 e. The van der Waals surface area contributed by atoms with Crippen LogP contribution in [0.1, 0.15) is 35.1 Å². The van der Waals surface area contributed by atoms with Gasteiger partial charge in [0.05, 0.1) is 6.04 Å². The van der Waals surface area contributed by atoms with E-state index in [1.165, 1.54) is 6.42 Å². The Labute approximate surface area is 139 Å². The van der Waals surface area contributed by atoms with E-state index in [1.54, 1.807) is 18.3 Å². The summed E-state index contributed by atoms with van der Waals surface area (Å²) in [5, 5.41) is 0. The van der Waals surface area contributed by atoms with Gasteiger partial charge in [-0.05, 0) is 26.4 Å². The molecule has 1 fully saturated rings. The van der Waals surface area contributed by atoms with Crippen LogP contribution in [0.4, 0.5) is 5.82 Å². The Hall–Kier alpha value is -2.73. The van der Waals surface area contributed by atoms with Gasteiger partial charge < -0.3 is 5.73 Å². The van der Waals surface area contributed by atoms with Crippen LogP contribution in [0.3, 0.4) is 0 Å². The van der Waals surface area contributed by atoms with Crippen LogP contribution in [0.2, 0.25) is 0 Å². The number of nitrogen functional groups attached to an aromatic ring is 1. The molecule has 1 atom stereocenters. The molecule has 0 amide bonds. The second-order valence-electron chi connectivity index (χ2n) is 6.23. The first-order valence-electron chi connectivity index (χ1n) is 8.07. The highest BCUT2D eigenvalue weighted by atomic mass is 16.1. The monoisotopic (exact) mass is 321 g/mol. The summed E-state index contributed by atoms with van der Waals surface area (Å²) in [5.74, 6) is 1.46. The number of aldehydes is 1. The largest absolute Gasteiger partial charge is 0.382 e. The number of nitrogens with zero attached hydrogens (tertiary/aromatic N) is 4. The number of carbonyl (C=O) groups excluding carboxylic acids is 1. The summed E-state index contributed by atoms with van der Waals surface area (Å²) in [4.78, 5) is 22.4. The number of rotatable bonds is 3. The minimum Gasteiger partial charge on any atom is -0.382 e. The summed E-state index contributed by atoms with van der Waals surface area (Å²) < 4.78 is 2.05. The van der Waals surface area contributed by atoms with Gasteiger partial charge in [0, 0.05) is 23.5 Å². The summed E-state index contributed by atoms with van der Waals surface area (Å²) in [5.41, 5.74) is 9.37. The zero-order valence-electron chi connectivity index (χ0n) is 13.5. The lowest BCUT2D eigenvalue weighted by molar-refractivity contribution is 0.112. The fourth-order valence-electron chi connectivity index (χ4n) is 3.48. The van der Waals surface area contributed by atoms with Gasteiger partial charge in [-0.2, -0.15) is 0 Å². The van der Waals surface area contributed by atoms with E-state index in [1.807, 2.05) is 18.3 Å². The number of benzene rings is 1. The predicted molar refractivity (Wildman–Crippen MR) is 92.8 cm³/mol. The molecule has 1 aliphatic heterocycles. The molecule has 0 radical (unpaired) electrons. The third kappa shape index (κ3) is 2.27. The van der Waals surface area contributed by atoms with E-state index < -0.39 is 0 Å². The molecule has 0 saturated carbocycles. The molecule has 3 aromatic rings. The minimum absolute atomic E-state index is 0.280. The molecule has 3 heterocycles. The zero-order valence-corrected chi connectivity index (χ0v) is 13.5. The van der Waals surface area contributed by atoms with Gasteiger partial charge >= 0.3 is 0 Å². The van der Waals surface area contributed by atoms with Gasteiger partial charge in [0.2, 0.25) is 0 Å². The molecule has 1 aromatic carbocycles. The van der Waals surface area contributed by atoms with E-state index in [9.17, 15) is 4.79 Å². The van der Waals surface area contributed by atoms with Crippen molar-refractivity contribution in [2.24, 2.45) is 0 Å². The lowest BCUT2D eigenvalue weighted by Crippen LogP contribution is -2.19. The Balaban J connectivity index is 1.93. The maximum absolute atomic E-state index is 10.9. The van der Waals surface area contributed by atoms with E-state index in [4.69, 9.17) is 10.7 Å². The number of hydrogen-bond donors (Lipinski definition) is 1. The third-order valence-corrected chi connectivity index (χ3v) is 4.75. The molecule has 0 spiro atoms. The molecule has 1 aliphatic rings. The predicted octanol–water partition coefficient (Wildman–Crippen LogP) is 2.56. The lowest BCUT2D eigenvalue weighted by Gasteiger charge is -2.18. The van der Waals surface area contributed by atoms with Crippen LogP contribution in [0.15, 0.2) is 36.7 Å². The van der Waals surface area contributed by atoms with Crippen LogP contribution in [0.25, 0.3) is 16.8 Å². The Morgan fingerprint density at radius 1 is 1.29 bits per heavy atom. The molecule has 0 unspecified atom stereocenters. The molecule has 1 saturated heterocycles. The lowest BCUT2D eigenvalue weighted by atomic mass is 10.1. The van der Waals surface area contributed by atoms with Crippen molar-refractivity contribution in [1.82, 2.24) is 19.3 Å². The molecule has 122 valence electrons. The molecule has 4 rings (SSSR count). The van der Waals surface area contributed by atoms with Crippen LogP contribution < -0.4 is 5.73 Å². The second kappa shape index (κ2) is 5.72. The van der Waals surface area contributed by atoms with Crippen LogP contribution in [-0.2, 0) is 0 Å². The molecular formula is C18H19N5O. The zero-order chi connectivity index (χ0) is 16.7. The van der Waals surface area contributed by atoms with Crippen molar-refractivity contribution < 1.29 is 4.79 Å². The fourth-order valence-corrected chi connectivity index (χ4v) is 3.48. The number of likely N-dealkylation sites (tertiary alicyclic amines) is 1. The van der Waals surface area contributed by atoms with Gasteiger partial charge in [-0.25, -0.2) is 9.97 Å². The van der Waals surface area contributed by atoms with Crippen molar-refractivity contribution in [2.75, 3.05) is 19.3 Å². The third-order valence-electron chi connectivity index (χ3n) is 4.75. The highest BCUT2D eigenvalue weighted by molar-refractivity contribution is 5.86. The Morgan fingerprint density at radius 3 is 2.75 bits per heavy atom. The Morgan fingerprint density at radius 2 is 2.08 bits per heavy atom. The van der Waals surface area contributed by atoms with Gasteiger partial charge in [0.1, 0.15) is 29.1 Å². The first-order valence-corrected chi connectivity index (χ1v) is 8.07. The van der Waals surface area contributed by atoms with Gasteiger partial charge in [-0.1, -0.05) is 24.3 Å². The quantitative estimate of drug-likeness (QED) is 0.750. The number of aromatic nitrogens is 3. The van der Waals surface area contributed by atoms with Gasteiger partial charge in [0.15, 0.2) is 0 Å². The van der Waals surface area contributed by atoms with Crippen molar-refractivity contribution in [1.29, 1.82) is 0 Å². The fraction of sp³-hybridized carbons (Fsp3) is 0.278. The van der Waals surface area contributed by atoms with Gasteiger partial charge in [-0.3, -0.25) is 14.1 Å². The highest BCUT2D eigenvalue weighted by Crippen LogP contribution is 2.35. The molecule has 0 bridgehead atoms. The summed E-state index contributed by atoms with van der Waals surface area (Å²) >= 11 is 0. The second-order valence-corrected chi connectivity index (χ2v) is 6.23. The van der Waals surface area contributed by atoms with Crippen LogP contribution in [0, 0.1) is 0 Å². The van der Waals surface area contributed by atoms with Crippen LogP contribution >= 0.6 is 0 Å². The maximum atomic E-state index is 10.9. The molecule has 0 aliphatic carbocycles. The van der Waals surface area contributed by atoms with E-state index >= 15 is 0 Å². The number of hydrogen-bond acceptors (Lipinski definition) is 5. The topological polar surface area (TPSA) is 76.5 Å². The standard InChI is InChI=1S/C18H19N5O/c1-22-9-2-3-14(22)18-21-15(13-6-4-12(11-24)5-7-13)16-17(19)20-8-10-23(16)18/h4-8,10-11,14H,2-3,9H2,1H3,(H2,19,20)/t14-/m0/s1. The van der Waals surface area contributed by atoms with Crippen molar-refractivity contribution in [2.45, 2.75) is 18.9 Å². The van der Waals surface area contributed by atoms with E-state index in [0.29, 0.717) is 11.4 Å². The molecule has 2 N–H and O–H groups in total. The molecule has 6 nitrogen and oxygen atoms in total. The van der Waals surface area contributed by atoms with Gasteiger partial charge in [-0.15, -0.1) is 0 Å². The number of carbonyl (C=O) groups is 1. The van der Waals surface area contributed by atoms with Crippen molar-refractivity contribution in [3.63, 3.8) is 0 Å². The SMILES string of the molecule is CN1CCC[C@H]1c1nc(-c2ccc(C=O)cc2)c2c(N)nccn12. The number of fused-ring (bicyclic) bond motifs is 1. The summed E-state index contributed by atoms with van der Waals surface area (Å²) in [6, 6.07) is 7.67. The van der Waals surface area contributed by atoms with E-state index in [0.717, 1.165) is 41.9 Å². The Kier molecular flexibility index (Phi) is 3.54. The number of nitrogens with two attached hydrogens (primary N) is 1. The Bertz CT molecular complexity index is 900. The average molecular weight is 321 g/mol.